The first kappa shape index (κ1) is 11.8. The molecule has 0 aliphatic carbocycles. The van der Waals surface area contributed by atoms with Gasteiger partial charge in [0, 0.05) is 17.8 Å². The van der Waals surface area contributed by atoms with E-state index in [2.05, 4.69) is 5.32 Å². The van der Waals surface area contributed by atoms with Crippen LogP contribution < -0.4 is 10.6 Å². The van der Waals surface area contributed by atoms with Crippen LogP contribution in [0.3, 0.4) is 0 Å². The van der Waals surface area contributed by atoms with Crippen LogP contribution in [-0.4, -0.2) is 25.2 Å². The van der Waals surface area contributed by atoms with E-state index in [1.165, 1.54) is 6.07 Å². The van der Waals surface area contributed by atoms with E-state index in [9.17, 15) is 18.0 Å². The summed E-state index contributed by atoms with van der Waals surface area (Å²) in [7, 11) is 0. The summed E-state index contributed by atoms with van der Waals surface area (Å²) in [5.74, 6) is -0.709. The number of amides is 1. The molecule has 0 unspecified atom stereocenters. The fourth-order valence-corrected chi connectivity index (χ4v) is 1.71. The van der Waals surface area contributed by atoms with E-state index >= 15 is 0 Å². The molecule has 2 N–H and O–H groups in total. The summed E-state index contributed by atoms with van der Waals surface area (Å²) in [6, 6.07) is 4.88. The van der Waals surface area contributed by atoms with Crippen LogP contribution >= 0.6 is 0 Å². The second kappa shape index (κ2) is 4.27. The van der Waals surface area contributed by atoms with Gasteiger partial charge in [0.25, 0.3) is 5.91 Å². The van der Waals surface area contributed by atoms with Crippen LogP contribution in [0.15, 0.2) is 18.2 Å². The lowest BCUT2D eigenvalue weighted by Crippen LogP contribution is -2.33. The molecule has 1 aliphatic heterocycles. The van der Waals surface area contributed by atoms with Gasteiger partial charge < -0.3 is 10.6 Å². The van der Waals surface area contributed by atoms with Crippen LogP contribution in [0.2, 0.25) is 0 Å². The smallest absolute Gasteiger partial charge is 0.384 e. The van der Waals surface area contributed by atoms with E-state index in [1.54, 1.807) is 12.1 Å². The molecule has 3 nitrogen and oxygen atoms in total. The fourth-order valence-electron chi connectivity index (χ4n) is 1.71. The normalized spacial score (nSPS) is 14.1. The van der Waals surface area contributed by atoms with E-state index in [-0.39, 0.29) is 5.56 Å². The highest BCUT2D eigenvalue weighted by Crippen LogP contribution is 2.23. The Morgan fingerprint density at radius 3 is 2.88 bits per heavy atom. The van der Waals surface area contributed by atoms with Gasteiger partial charge in [-0.15, -0.1) is 0 Å². The molecule has 0 saturated carbocycles. The van der Waals surface area contributed by atoms with Gasteiger partial charge in [0.2, 0.25) is 0 Å². The van der Waals surface area contributed by atoms with E-state index in [1.807, 2.05) is 5.32 Å². The Morgan fingerprint density at radius 1 is 1.41 bits per heavy atom. The molecule has 0 radical (unpaired) electrons. The second-order valence-electron chi connectivity index (χ2n) is 3.85. The first-order valence-corrected chi connectivity index (χ1v) is 5.17. The third-order valence-electron chi connectivity index (χ3n) is 2.53. The monoisotopic (exact) mass is 244 g/mol. The molecule has 6 heteroatoms. The molecule has 2 rings (SSSR count). The summed E-state index contributed by atoms with van der Waals surface area (Å²) in [6.45, 7) is -0.515. The Balaban J connectivity index is 2.05. The average Bonchev–Trinajstić information content (AvgIpc) is 2.71. The molecule has 1 amide bonds. The van der Waals surface area contributed by atoms with Crippen molar-refractivity contribution in [2.24, 2.45) is 0 Å². The highest BCUT2D eigenvalue weighted by atomic mass is 19.4. The lowest BCUT2D eigenvalue weighted by atomic mass is 10.1. The molecular weight excluding hydrogens is 233 g/mol. The topological polar surface area (TPSA) is 41.1 Å². The van der Waals surface area contributed by atoms with E-state index in [0.29, 0.717) is 0 Å². The van der Waals surface area contributed by atoms with Crippen molar-refractivity contribution in [1.29, 1.82) is 0 Å². The molecule has 0 bridgehead atoms. The van der Waals surface area contributed by atoms with Gasteiger partial charge in [-0.25, -0.2) is 0 Å². The minimum atomic E-state index is -4.38. The second-order valence-corrected chi connectivity index (χ2v) is 3.85. The van der Waals surface area contributed by atoms with Gasteiger partial charge in [0.05, 0.1) is 0 Å². The number of carbonyl (C=O) groups excluding carboxylic acids is 1. The molecule has 1 aliphatic rings. The van der Waals surface area contributed by atoms with Crippen LogP contribution in [-0.2, 0) is 6.42 Å². The summed E-state index contributed by atoms with van der Waals surface area (Å²) >= 11 is 0. The van der Waals surface area contributed by atoms with Gasteiger partial charge in [-0.1, -0.05) is 6.07 Å². The maximum Gasteiger partial charge on any atom is 0.405 e. The van der Waals surface area contributed by atoms with Crippen molar-refractivity contribution < 1.29 is 18.0 Å². The maximum absolute atomic E-state index is 11.9. The number of rotatable bonds is 2. The molecule has 0 saturated heterocycles. The molecule has 0 fully saturated rings. The highest BCUT2D eigenvalue weighted by Gasteiger charge is 2.28. The van der Waals surface area contributed by atoms with Crippen molar-refractivity contribution >= 4 is 11.6 Å². The molecular formula is C11H11F3N2O. The van der Waals surface area contributed by atoms with Gasteiger partial charge >= 0.3 is 6.18 Å². The van der Waals surface area contributed by atoms with E-state index in [0.717, 1.165) is 24.2 Å². The Kier molecular flexibility index (Phi) is 2.95. The number of carbonyl (C=O) groups is 1. The molecule has 1 aromatic rings. The SMILES string of the molecule is O=C(NCC(F)(F)F)c1ccc2c(c1)NCC2. The lowest BCUT2D eigenvalue weighted by molar-refractivity contribution is -0.123. The molecule has 0 aromatic heterocycles. The summed E-state index contributed by atoms with van der Waals surface area (Å²) in [6.07, 6.45) is -3.51. The van der Waals surface area contributed by atoms with Crippen molar-refractivity contribution in [3.8, 4) is 0 Å². The van der Waals surface area contributed by atoms with Gasteiger partial charge in [0.1, 0.15) is 6.54 Å². The number of halogens is 3. The molecule has 0 atom stereocenters. The zero-order chi connectivity index (χ0) is 12.5. The Labute approximate surface area is 96.0 Å². The number of hydrogen-bond acceptors (Lipinski definition) is 2. The summed E-state index contributed by atoms with van der Waals surface area (Å²) < 4.78 is 35.8. The predicted molar refractivity (Wildman–Crippen MR) is 57.0 cm³/mol. The van der Waals surface area contributed by atoms with Gasteiger partial charge in [-0.2, -0.15) is 13.2 Å². The molecule has 1 heterocycles. The number of benzene rings is 1. The first-order chi connectivity index (χ1) is 7.96. The van der Waals surface area contributed by atoms with Crippen molar-refractivity contribution in [2.45, 2.75) is 12.6 Å². The molecule has 0 spiro atoms. The van der Waals surface area contributed by atoms with Crippen LogP contribution in [0.25, 0.3) is 0 Å². The summed E-state index contributed by atoms with van der Waals surface area (Å²) in [4.78, 5) is 11.5. The minimum Gasteiger partial charge on any atom is -0.384 e. The summed E-state index contributed by atoms with van der Waals surface area (Å²) in [5, 5.41) is 4.90. The van der Waals surface area contributed by atoms with Gasteiger partial charge in [0.15, 0.2) is 0 Å². The van der Waals surface area contributed by atoms with E-state index < -0.39 is 18.6 Å². The number of fused-ring (bicyclic) bond motifs is 1. The van der Waals surface area contributed by atoms with Crippen LogP contribution in [0.5, 0.6) is 0 Å². The van der Waals surface area contributed by atoms with Crippen LogP contribution in [0.4, 0.5) is 18.9 Å². The lowest BCUT2D eigenvalue weighted by Gasteiger charge is -2.09. The Bertz CT molecular complexity index is 443. The van der Waals surface area contributed by atoms with Gasteiger partial charge in [-0.3, -0.25) is 4.79 Å². The Morgan fingerprint density at radius 2 is 2.18 bits per heavy atom. The van der Waals surface area contributed by atoms with Crippen LogP contribution in [0, 0.1) is 0 Å². The standard InChI is InChI=1S/C11H11F3N2O/c12-11(13,14)6-16-10(17)8-2-1-7-3-4-15-9(7)5-8/h1-2,5,15H,3-4,6H2,(H,16,17). The number of anilines is 1. The molecule has 1 aromatic carbocycles. The largest absolute Gasteiger partial charge is 0.405 e. The first-order valence-electron chi connectivity index (χ1n) is 5.17. The van der Waals surface area contributed by atoms with Crippen molar-refractivity contribution in [3.05, 3.63) is 29.3 Å². The van der Waals surface area contributed by atoms with E-state index in [4.69, 9.17) is 0 Å². The Hall–Kier alpha value is -1.72. The number of alkyl halides is 3. The number of hydrogen-bond donors (Lipinski definition) is 2. The van der Waals surface area contributed by atoms with Crippen molar-refractivity contribution in [3.63, 3.8) is 0 Å². The highest BCUT2D eigenvalue weighted by molar-refractivity contribution is 5.95. The van der Waals surface area contributed by atoms with Crippen LogP contribution in [0.1, 0.15) is 15.9 Å². The quantitative estimate of drug-likeness (QED) is 0.834. The van der Waals surface area contributed by atoms with Crippen molar-refractivity contribution in [2.75, 3.05) is 18.4 Å². The van der Waals surface area contributed by atoms with Gasteiger partial charge in [-0.05, 0) is 24.1 Å². The summed E-state index contributed by atoms with van der Waals surface area (Å²) in [5.41, 5.74) is 2.14. The molecule has 17 heavy (non-hydrogen) atoms. The minimum absolute atomic E-state index is 0.238. The fraction of sp³-hybridized carbons (Fsp3) is 0.364. The third-order valence-corrected chi connectivity index (χ3v) is 2.53. The average molecular weight is 244 g/mol. The molecule has 92 valence electrons. The maximum atomic E-state index is 11.9. The zero-order valence-corrected chi connectivity index (χ0v) is 8.90. The third kappa shape index (κ3) is 2.89. The predicted octanol–water partition coefficient (Wildman–Crippen LogP) is 1.95. The number of nitrogens with one attached hydrogen (secondary N) is 2. The van der Waals surface area contributed by atoms with Crippen molar-refractivity contribution in [1.82, 2.24) is 5.32 Å². The zero-order valence-electron chi connectivity index (χ0n) is 8.90.